The van der Waals surface area contributed by atoms with Crippen molar-refractivity contribution in [3.8, 4) is 11.6 Å². The third-order valence-electron chi connectivity index (χ3n) is 5.27. The van der Waals surface area contributed by atoms with Gasteiger partial charge in [0.1, 0.15) is 11.4 Å². The van der Waals surface area contributed by atoms with Gasteiger partial charge in [0.25, 0.3) is 12.3 Å². The number of hydrogen-bond donors (Lipinski definition) is 1. The third-order valence-corrected chi connectivity index (χ3v) is 5.27. The fraction of sp³-hybridized carbons (Fsp3) is 0.273. The van der Waals surface area contributed by atoms with Crippen LogP contribution in [0.2, 0.25) is 0 Å². The molecule has 1 atom stereocenters. The van der Waals surface area contributed by atoms with Crippen molar-refractivity contribution in [3.05, 3.63) is 59.9 Å². The van der Waals surface area contributed by atoms with Crippen molar-refractivity contribution in [1.29, 1.82) is 0 Å². The first kappa shape index (κ1) is 21.4. The van der Waals surface area contributed by atoms with E-state index in [2.05, 4.69) is 9.97 Å². The van der Waals surface area contributed by atoms with Crippen LogP contribution in [0, 0.1) is 0 Å². The van der Waals surface area contributed by atoms with E-state index in [1.165, 1.54) is 17.0 Å². The van der Waals surface area contributed by atoms with E-state index in [0.29, 0.717) is 24.4 Å². The Morgan fingerprint density at radius 3 is 2.62 bits per heavy atom. The molecule has 4 rings (SSSR count). The standard InChI is InChI=1S/C22H20F2N4O4/c1-13-12-27(8-9-28(13)22(30)31)21(29)18-5-2-14-10-16(4-6-17(14)26-18)32-19-7-3-15(11-25-19)20(23)24/h2-7,10-11,13,20H,8-9,12H2,1H3,(H,30,31)/t13-/m0/s1. The molecular formula is C22H20F2N4O4. The predicted molar refractivity (Wildman–Crippen MR) is 111 cm³/mol. The molecule has 0 spiro atoms. The van der Waals surface area contributed by atoms with Gasteiger partial charge in [-0.1, -0.05) is 6.07 Å². The van der Waals surface area contributed by atoms with Gasteiger partial charge in [0, 0.05) is 48.9 Å². The molecule has 0 unspecified atom stereocenters. The zero-order valence-corrected chi connectivity index (χ0v) is 17.1. The monoisotopic (exact) mass is 442 g/mol. The Morgan fingerprint density at radius 1 is 1.16 bits per heavy atom. The molecule has 0 aliphatic carbocycles. The molecule has 1 fully saturated rings. The highest BCUT2D eigenvalue weighted by atomic mass is 19.3. The van der Waals surface area contributed by atoms with E-state index in [-0.39, 0.29) is 35.6 Å². The van der Waals surface area contributed by atoms with Gasteiger partial charge in [-0.3, -0.25) is 4.79 Å². The van der Waals surface area contributed by atoms with Crippen molar-refractivity contribution in [3.63, 3.8) is 0 Å². The van der Waals surface area contributed by atoms with Gasteiger partial charge in [0.2, 0.25) is 5.88 Å². The van der Waals surface area contributed by atoms with E-state index < -0.39 is 12.5 Å². The second kappa shape index (κ2) is 8.74. The van der Waals surface area contributed by atoms with Gasteiger partial charge in [-0.05, 0) is 37.3 Å². The highest BCUT2D eigenvalue weighted by Gasteiger charge is 2.30. The van der Waals surface area contributed by atoms with Crippen molar-refractivity contribution in [2.45, 2.75) is 19.4 Å². The summed E-state index contributed by atoms with van der Waals surface area (Å²) in [4.78, 5) is 35.3. The Hall–Kier alpha value is -3.82. The number of hydrogen-bond acceptors (Lipinski definition) is 5. The average molecular weight is 442 g/mol. The summed E-state index contributed by atoms with van der Waals surface area (Å²) in [6.07, 6.45) is -2.52. The van der Waals surface area contributed by atoms with Crippen molar-refractivity contribution >= 4 is 22.9 Å². The Bertz CT molecular complexity index is 1160. The van der Waals surface area contributed by atoms with E-state index in [1.807, 2.05) is 0 Å². The predicted octanol–water partition coefficient (Wildman–Crippen LogP) is 4.18. The summed E-state index contributed by atoms with van der Waals surface area (Å²) in [5.41, 5.74) is 0.670. The van der Waals surface area contributed by atoms with Gasteiger partial charge in [-0.15, -0.1) is 0 Å². The maximum atomic E-state index is 12.9. The summed E-state index contributed by atoms with van der Waals surface area (Å²) in [5, 5.41) is 9.91. The molecule has 0 bridgehead atoms. The SMILES string of the molecule is C[C@H]1CN(C(=O)c2ccc3cc(Oc4ccc(C(F)F)cn4)ccc3n2)CCN1C(=O)O. The van der Waals surface area contributed by atoms with Gasteiger partial charge in [-0.25, -0.2) is 23.5 Å². The first-order valence-corrected chi connectivity index (χ1v) is 9.93. The van der Waals surface area contributed by atoms with Crippen LogP contribution in [0.3, 0.4) is 0 Å². The first-order valence-electron chi connectivity index (χ1n) is 9.93. The lowest BCUT2D eigenvalue weighted by molar-refractivity contribution is 0.0502. The van der Waals surface area contributed by atoms with E-state index in [1.54, 1.807) is 42.2 Å². The smallest absolute Gasteiger partial charge is 0.407 e. The van der Waals surface area contributed by atoms with Crippen LogP contribution in [-0.4, -0.2) is 62.6 Å². The minimum Gasteiger partial charge on any atom is -0.465 e. The Morgan fingerprint density at radius 2 is 1.97 bits per heavy atom. The topological polar surface area (TPSA) is 95.9 Å². The molecular weight excluding hydrogens is 422 g/mol. The molecule has 2 aromatic heterocycles. The second-order valence-electron chi connectivity index (χ2n) is 7.46. The zero-order chi connectivity index (χ0) is 22.8. The van der Waals surface area contributed by atoms with Crippen LogP contribution in [0.1, 0.15) is 29.4 Å². The molecule has 1 aliphatic heterocycles. The maximum absolute atomic E-state index is 12.9. The molecule has 0 radical (unpaired) electrons. The van der Waals surface area contributed by atoms with Crippen molar-refractivity contribution in [2.24, 2.45) is 0 Å². The van der Waals surface area contributed by atoms with E-state index in [9.17, 15) is 23.5 Å². The van der Waals surface area contributed by atoms with Gasteiger partial charge in [-0.2, -0.15) is 0 Å². The quantitative estimate of drug-likeness (QED) is 0.651. The molecule has 1 saturated heterocycles. The molecule has 2 amide bonds. The molecule has 0 saturated carbocycles. The molecule has 8 nitrogen and oxygen atoms in total. The lowest BCUT2D eigenvalue weighted by atomic mass is 10.1. The largest absolute Gasteiger partial charge is 0.465 e. The molecule has 166 valence electrons. The number of fused-ring (bicyclic) bond motifs is 1. The summed E-state index contributed by atoms with van der Waals surface area (Å²) < 4.78 is 30.9. The number of amides is 2. The van der Waals surface area contributed by atoms with Crippen LogP contribution < -0.4 is 4.74 Å². The highest BCUT2D eigenvalue weighted by molar-refractivity contribution is 5.95. The van der Waals surface area contributed by atoms with Crippen LogP contribution in [0.15, 0.2) is 48.7 Å². The van der Waals surface area contributed by atoms with E-state index >= 15 is 0 Å². The van der Waals surface area contributed by atoms with E-state index in [0.717, 1.165) is 11.6 Å². The number of nitrogens with zero attached hydrogens (tertiary/aromatic N) is 4. The fourth-order valence-corrected chi connectivity index (χ4v) is 3.58. The van der Waals surface area contributed by atoms with Crippen LogP contribution >= 0.6 is 0 Å². The fourth-order valence-electron chi connectivity index (χ4n) is 3.58. The Balaban J connectivity index is 1.48. The summed E-state index contributed by atoms with van der Waals surface area (Å²) in [5.74, 6) is 0.379. The molecule has 3 heterocycles. The van der Waals surface area contributed by atoms with Crippen molar-refractivity contribution in [1.82, 2.24) is 19.8 Å². The van der Waals surface area contributed by atoms with Crippen LogP contribution in [0.5, 0.6) is 11.6 Å². The molecule has 1 aliphatic rings. The van der Waals surface area contributed by atoms with E-state index in [4.69, 9.17) is 4.74 Å². The van der Waals surface area contributed by atoms with Gasteiger partial charge in [0.05, 0.1) is 5.52 Å². The summed E-state index contributed by atoms with van der Waals surface area (Å²) >= 11 is 0. The minimum atomic E-state index is -2.59. The maximum Gasteiger partial charge on any atom is 0.407 e. The number of benzene rings is 1. The Kier molecular flexibility index (Phi) is 5.85. The third kappa shape index (κ3) is 4.43. The lowest BCUT2D eigenvalue weighted by Gasteiger charge is -2.38. The number of carbonyl (C=O) groups is 2. The summed E-state index contributed by atoms with van der Waals surface area (Å²) in [6.45, 7) is 2.62. The number of ether oxygens (including phenoxy) is 1. The second-order valence-corrected chi connectivity index (χ2v) is 7.46. The number of alkyl halides is 2. The van der Waals surface area contributed by atoms with Crippen LogP contribution in [0.25, 0.3) is 10.9 Å². The number of rotatable bonds is 4. The van der Waals surface area contributed by atoms with Gasteiger partial charge >= 0.3 is 6.09 Å². The first-order chi connectivity index (χ1) is 15.3. The number of piperazine rings is 1. The van der Waals surface area contributed by atoms with Crippen LogP contribution in [0.4, 0.5) is 13.6 Å². The van der Waals surface area contributed by atoms with Crippen molar-refractivity contribution < 1.29 is 28.2 Å². The molecule has 1 N–H and O–H groups in total. The molecule has 3 aromatic rings. The van der Waals surface area contributed by atoms with Crippen molar-refractivity contribution in [2.75, 3.05) is 19.6 Å². The highest BCUT2D eigenvalue weighted by Crippen LogP contribution is 2.26. The molecule has 1 aromatic carbocycles. The number of pyridine rings is 2. The number of aromatic nitrogens is 2. The summed E-state index contributed by atoms with van der Waals surface area (Å²) in [7, 11) is 0. The summed E-state index contributed by atoms with van der Waals surface area (Å²) in [6, 6.07) is 10.7. The number of carbonyl (C=O) groups excluding carboxylic acids is 1. The van der Waals surface area contributed by atoms with Gasteiger partial charge in [0.15, 0.2) is 0 Å². The normalized spacial score (nSPS) is 16.4. The zero-order valence-electron chi connectivity index (χ0n) is 17.1. The van der Waals surface area contributed by atoms with Gasteiger partial charge < -0.3 is 19.6 Å². The Labute approximate surface area is 182 Å². The number of carboxylic acid groups (broad SMARTS) is 1. The van der Waals surface area contributed by atoms with Crippen LogP contribution in [-0.2, 0) is 0 Å². The average Bonchev–Trinajstić information content (AvgIpc) is 2.78. The number of halogens is 2. The minimum absolute atomic E-state index is 0.183. The lowest BCUT2D eigenvalue weighted by Crippen LogP contribution is -2.55. The molecule has 32 heavy (non-hydrogen) atoms. The molecule has 10 heteroatoms.